The van der Waals surface area contributed by atoms with Crippen LogP contribution in [0.4, 0.5) is 11.5 Å². The minimum atomic E-state index is -0.413. The minimum absolute atomic E-state index is 0.0713. The molecule has 1 unspecified atom stereocenters. The maximum atomic E-state index is 10.6. The molecule has 1 saturated heterocycles. The SMILES string of the molecule is O=[N+]([O-])c1ccnc(NCC2CCNC2)c1. The van der Waals surface area contributed by atoms with Crippen molar-refractivity contribution in [1.29, 1.82) is 0 Å². The molecule has 0 spiro atoms. The highest BCUT2D eigenvalue weighted by molar-refractivity contribution is 5.44. The fraction of sp³-hybridized carbons (Fsp3) is 0.500. The zero-order valence-corrected chi connectivity index (χ0v) is 8.85. The summed E-state index contributed by atoms with van der Waals surface area (Å²) in [5.41, 5.74) is 0.0713. The quantitative estimate of drug-likeness (QED) is 0.587. The van der Waals surface area contributed by atoms with Crippen molar-refractivity contribution in [1.82, 2.24) is 10.3 Å². The predicted molar refractivity (Wildman–Crippen MR) is 60.4 cm³/mol. The Kier molecular flexibility index (Phi) is 3.31. The second-order valence-corrected chi connectivity index (χ2v) is 3.90. The number of rotatable bonds is 4. The number of anilines is 1. The standard InChI is InChI=1S/C10H14N4O2/c15-14(16)9-2-4-12-10(5-9)13-7-8-1-3-11-6-8/h2,4-5,8,11H,1,3,6-7H2,(H,12,13). The lowest BCUT2D eigenvalue weighted by Crippen LogP contribution is -2.17. The van der Waals surface area contributed by atoms with Gasteiger partial charge in [-0.15, -0.1) is 0 Å². The van der Waals surface area contributed by atoms with Crippen molar-refractivity contribution in [2.45, 2.75) is 6.42 Å². The summed E-state index contributed by atoms with van der Waals surface area (Å²) in [7, 11) is 0. The molecule has 6 nitrogen and oxygen atoms in total. The number of hydrogen-bond donors (Lipinski definition) is 2. The normalized spacial score (nSPS) is 19.6. The molecule has 0 aliphatic carbocycles. The Labute approximate surface area is 93.2 Å². The predicted octanol–water partition coefficient (Wildman–Crippen LogP) is 1.01. The molecule has 0 aromatic carbocycles. The average Bonchev–Trinajstić information content (AvgIpc) is 2.79. The molecule has 1 aromatic rings. The molecule has 1 atom stereocenters. The Morgan fingerprint density at radius 2 is 2.56 bits per heavy atom. The van der Waals surface area contributed by atoms with Crippen LogP contribution in [0, 0.1) is 16.0 Å². The van der Waals surface area contributed by atoms with E-state index < -0.39 is 4.92 Å². The van der Waals surface area contributed by atoms with Gasteiger partial charge in [0.25, 0.3) is 5.69 Å². The van der Waals surface area contributed by atoms with Crippen molar-refractivity contribution in [2.75, 3.05) is 25.0 Å². The highest BCUT2D eigenvalue weighted by Gasteiger charge is 2.14. The van der Waals surface area contributed by atoms with Crippen LogP contribution in [0.5, 0.6) is 0 Å². The van der Waals surface area contributed by atoms with Crippen LogP contribution in [0.1, 0.15) is 6.42 Å². The van der Waals surface area contributed by atoms with E-state index in [4.69, 9.17) is 0 Å². The first-order chi connectivity index (χ1) is 7.75. The number of nitro groups is 1. The zero-order chi connectivity index (χ0) is 11.4. The summed E-state index contributed by atoms with van der Waals surface area (Å²) in [4.78, 5) is 14.2. The lowest BCUT2D eigenvalue weighted by atomic mass is 10.1. The van der Waals surface area contributed by atoms with E-state index in [1.165, 1.54) is 18.3 Å². The molecule has 2 N–H and O–H groups in total. The fourth-order valence-corrected chi connectivity index (χ4v) is 1.77. The summed E-state index contributed by atoms with van der Waals surface area (Å²) in [6.45, 7) is 2.86. The van der Waals surface area contributed by atoms with Gasteiger partial charge in [-0.05, 0) is 25.4 Å². The summed E-state index contributed by atoms with van der Waals surface area (Å²) in [6, 6.07) is 2.85. The number of pyridine rings is 1. The van der Waals surface area contributed by atoms with E-state index in [-0.39, 0.29) is 5.69 Å². The maximum Gasteiger partial charge on any atom is 0.274 e. The fourth-order valence-electron chi connectivity index (χ4n) is 1.77. The highest BCUT2D eigenvalue weighted by Crippen LogP contribution is 2.15. The smallest absolute Gasteiger partial charge is 0.274 e. The zero-order valence-electron chi connectivity index (χ0n) is 8.85. The maximum absolute atomic E-state index is 10.6. The van der Waals surface area contributed by atoms with Gasteiger partial charge < -0.3 is 10.6 Å². The van der Waals surface area contributed by atoms with Gasteiger partial charge in [-0.1, -0.05) is 0 Å². The van der Waals surface area contributed by atoms with Crippen LogP contribution in [-0.4, -0.2) is 29.5 Å². The van der Waals surface area contributed by atoms with Crippen LogP contribution in [0.3, 0.4) is 0 Å². The number of nitrogens with one attached hydrogen (secondary N) is 2. The van der Waals surface area contributed by atoms with E-state index in [1.54, 1.807) is 0 Å². The Balaban J connectivity index is 1.93. The molecule has 6 heteroatoms. The van der Waals surface area contributed by atoms with E-state index >= 15 is 0 Å². The van der Waals surface area contributed by atoms with Crippen LogP contribution in [0.2, 0.25) is 0 Å². The van der Waals surface area contributed by atoms with Gasteiger partial charge in [0.2, 0.25) is 0 Å². The first-order valence-corrected chi connectivity index (χ1v) is 5.31. The first-order valence-electron chi connectivity index (χ1n) is 5.31. The molecule has 0 amide bonds. The molecule has 2 heterocycles. The van der Waals surface area contributed by atoms with E-state index in [0.29, 0.717) is 11.7 Å². The second kappa shape index (κ2) is 4.89. The Morgan fingerprint density at radius 1 is 1.69 bits per heavy atom. The minimum Gasteiger partial charge on any atom is -0.370 e. The number of aromatic nitrogens is 1. The Hall–Kier alpha value is -1.69. The van der Waals surface area contributed by atoms with Crippen molar-refractivity contribution in [3.8, 4) is 0 Å². The van der Waals surface area contributed by atoms with Crippen LogP contribution in [0.15, 0.2) is 18.3 Å². The third-order valence-electron chi connectivity index (χ3n) is 2.69. The highest BCUT2D eigenvalue weighted by atomic mass is 16.6. The monoisotopic (exact) mass is 222 g/mol. The van der Waals surface area contributed by atoms with Crippen LogP contribution in [0.25, 0.3) is 0 Å². The average molecular weight is 222 g/mol. The van der Waals surface area contributed by atoms with Gasteiger partial charge in [-0.25, -0.2) is 4.98 Å². The van der Waals surface area contributed by atoms with Gasteiger partial charge in [-0.3, -0.25) is 10.1 Å². The first kappa shape index (κ1) is 10.8. The van der Waals surface area contributed by atoms with Gasteiger partial charge in [0.1, 0.15) is 5.82 Å². The molecule has 86 valence electrons. The molecular weight excluding hydrogens is 208 g/mol. The molecule has 0 radical (unpaired) electrons. The van der Waals surface area contributed by atoms with E-state index in [1.807, 2.05) is 0 Å². The topological polar surface area (TPSA) is 80.1 Å². The third kappa shape index (κ3) is 2.66. The molecule has 2 rings (SSSR count). The van der Waals surface area contributed by atoms with Gasteiger partial charge in [0, 0.05) is 18.8 Å². The van der Waals surface area contributed by atoms with Gasteiger partial charge in [0.05, 0.1) is 11.0 Å². The molecule has 16 heavy (non-hydrogen) atoms. The van der Waals surface area contributed by atoms with Crippen LogP contribution in [-0.2, 0) is 0 Å². The molecule has 1 aliphatic rings. The van der Waals surface area contributed by atoms with Crippen LogP contribution >= 0.6 is 0 Å². The molecule has 0 bridgehead atoms. The summed E-state index contributed by atoms with van der Waals surface area (Å²) in [5, 5.41) is 16.9. The molecule has 1 aliphatic heterocycles. The largest absolute Gasteiger partial charge is 0.370 e. The molecule has 0 saturated carbocycles. The molecule has 1 fully saturated rings. The van der Waals surface area contributed by atoms with E-state index in [0.717, 1.165) is 26.1 Å². The number of hydrogen-bond acceptors (Lipinski definition) is 5. The molecule has 1 aromatic heterocycles. The van der Waals surface area contributed by atoms with Gasteiger partial charge in [-0.2, -0.15) is 0 Å². The van der Waals surface area contributed by atoms with Crippen LogP contribution < -0.4 is 10.6 Å². The van der Waals surface area contributed by atoms with Crippen molar-refractivity contribution < 1.29 is 4.92 Å². The van der Waals surface area contributed by atoms with Gasteiger partial charge in [0.15, 0.2) is 0 Å². The molecular formula is C10H14N4O2. The van der Waals surface area contributed by atoms with E-state index in [9.17, 15) is 10.1 Å². The second-order valence-electron chi connectivity index (χ2n) is 3.90. The van der Waals surface area contributed by atoms with Crippen molar-refractivity contribution in [2.24, 2.45) is 5.92 Å². The van der Waals surface area contributed by atoms with Gasteiger partial charge >= 0.3 is 0 Å². The van der Waals surface area contributed by atoms with Crippen molar-refractivity contribution in [3.05, 3.63) is 28.4 Å². The van der Waals surface area contributed by atoms with Crippen molar-refractivity contribution in [3.63, 3.8) is 0 Å². The lowest BCUT2D eigenvalue weighted by Gasteiger charge is -2.09. The number of nitrogens with zero attached hydrogens (tertiary/aromatic N) is 2. The summed E-state index contributed by atoms with van der Waals surface area (Å²) in [6.07, 6.45) is 2.59. The lowest BCUT2D eigenvalue weighted by molar-refractivity contribution is -0.384. The summed E-state index contributed by atoms with van der Waals surface area (Å²) in [5.74, 6) is 1.15. The summed E-state index contributed by atoms with van der Waals surface area (Å²) >= 11 is 0. The van der Waals surface area contributed by atoms with Crippen molar-refractivity contribution >= 4 is 11.5 Å². The summed E-state index contributed by atoms with van der Waals surface area (Å²) < 4.78 is 0. The third-order valence-corrected chi connectivity index (χ3v) is 2.69. The van der Waals surface area contributed by atoms with E-state index in [2.05, 4.69) is 15.6 Å². The Morgan fingerprint density at radius 3 is 3.25 bits per heavy atom. The Bertz CT molecular complexity index is 377.